The highest BCUT2D eigenvalue weighted by Crippen LogP contribution is 2.34. The monoisotopic (exact) mass is 353 g/mol. The number of rotatable bonds is 3. The minimum Gasteiger partial charge on any atom is -0.370 e. The maximum Gasteiger partial charge on any atom is 0.234 e. The predicted octanol–water partition coefficient (Wildman–Crippen LogP) is 3.40. The fraction of sp³-hybridized carbons (Fsp3) is 0.300. The molecule has 1 atom stereocenters. The molecule has 1 unspecified atom stereocenters. The van der Waals surface area contributed by atoms with Crippen molar-refractivity contribution in [1.82, 2.24) is 5.32 Å². The second-order valence-electron chi connectivity index (χ2n) is 6.45. The minimum absolute atomic E-state index is 0.128. The topological polar surface area (TPSA) is 44.7 Å². The summed E-state index contributed by atoms with van der Waals surface area (Å²) in [5.74, 6) is 0.857. The van der Waals surface area contributed by atoms with Gasteiger partial charge in [0.2, 0.25) is 5.91 Å². The van der Waals surface area contributed by atoms with Crippen molar-refractivity contribution < 1.29 is 4.79 Å². The molecule has 0 radical (unpaired) electrons. The van der Waals surface area contributed by atoms with Gasteiger partial charge in [0.25, 0.3) is 0 Å². The quantitative estimate of drug-likeness (QED) is 0.919. The second-order valence-corrected chi connectivity index (χ2v) is 6.89. The summed E-state index contributed by atoms with van der Waals surface area (Å²) < 4.78 is 0. The van der Waals surface area contributed by atoms with E-state index in [1.807, 2.05) is 47.4 Å². The van der Waals surface area contributed by atoms with Gasteiger partial charge in [0, 0.05) is 17.3 Å². The van der Waals surface area contributed by atoms with Gasteiger partial charge in [-0.1, -0.05) is 41.9 Å². The number of hydrogen-bond donors (Lipinski definition) is 1. The molecule has 0 aliphatic carbocycles. The van der Waals surface area contributed by atoms with E-state index in [4.69, 9.17) is 11.6 Å². The van der Waals surface area contributed by atoms with Crippen LogP contribution in [-0.2, 0) is 11.2 Å². The number of halogens is 1. The number of para-hydroxylation sites is 1. The first-order valence-corrected chi connectivity index (χ1v) is 9.02. The fourth-order valence-electron chi connectivity index (χ4n) is 3.59. The number of amides is 1. The number of amidine groups is 1. The Kier molecular flexibility index (Phi) is 4.45. The van der Waals surface area contributed by atoms with Gasteiger partial charge in [0.15, 0.2) is 0 Å². The Hall–Kier alpha value is -2.33. The first-order valence-electron chi connectivity index (χ1n) is 8.64. The first-order chi connectivity index (χ1) is 12.2. The van der Waals surface area contributed by atoms with Crippen LogP contribution in [0.25, 0.3) is 0 Å². The summed E-state index contributed by atoms with van der Waals surface area (Å²) in [6.07, 6.45) is 1.68. The smallest absolute Gasteiger partial charge is 0.234 e. The molecule has 2 aromatic carbocycles. The highest BCUT2D eigenvalue weighted by molar-refractivity contribution is 6.30. The lowest BCUT2D eigenvalue weighted by Crippen LogP contribution is -2.41. The van der Waals surface area contributed by atoms with Crippen LogP contribution in [-0.4, -0.2) is 31.4 Å². The van der Waals surface area contributed by atoms with E-state index in [1.54, 1.807) is 0 Å². The third-order valence-corrected chi connectivity index (χ3v) is 5.12. The van der Waals surface area contributed by atoms with Gasteiger partial charge in [0.05, 0.1) is 19.0 Å². The van der Waals surface area contributed by atoms with Crippen LogP contribution >= 0.6 is 11.6 Å². The van der Waals surface area contributed by atoms with Crippen LogP contribution in [0.5, 0.6) is 0 Å². The Labute approximate surface area is 152 Å². The number of aliphatic imine (C=N–C) groups is 1. The number of carbonyl (C=O) groups excluding carboxylic acids is 1. The SMILES string of the molecule is O=C1C(c2ccc(Cl)cc2)CCc2ccccc2N1CC1=NCCN1. The Morgan fingerprint density at radius 3 is 2.72 bits per heavy atom. The molecule has 1 amide bonds. The van der Waals surface area contributed by atoms with Gasteiger partial charge in [0.1, 0.15) is 5.84 Å². The molecule has 4 nitrogen and oxygen atoms in total. The van der Waals surface area contributed by atoms with Crippen molar-refractivity contribution >= 4 is 29.0 Å². The number of anilines is 1. The van der Waals surface area contributed by atoms with E-state index in [9.17, 15) is 4.79 Å². The standard InChI is InChI=1S/C20H20ClN3O/c21-16-8-5-14(6-9-16)17-10-7-15-3-1-2-4-18(15)24(20(17)25)13-19-22-11-12-23-19/h1-6,8-9,17H,7,10-13H2,(H,22,23). The van der Waals surface area contributed by atoms with E-state index in [0.717, 1.165) is 43.0 Å². The lowest BCUT2D eigenvalue weighted by atomic mass is 9.93. The molecule has 2 aliphatic rings. The highest BCUT2D eigenvalue weighted by Gasteiger charge is 2.32. The molecule has 4 rings (SSSR count). The first kappa shape index (κ1) is 16.2. The van der Waals surface area contributed by atoms with Gasteiger partial charge < -0.3 is 10.2 Å². The molecule has 25 heavy (non-hydrogen) atoms. The zero-order valence-corrected chi connectivity index (χ0v) is 14.7. The summed E-state index contributed by atoms with van der Waals surface area (Å²) in [6, 6.07) is 15.8. The summed E-state index contributed by atoms with van der Waals surface area (Å²) in [7, 11) is 0. The summed E-state index contributed by atoms with van der Waals surface area (Å²) in [4.78, 5) is 19.8. The van der Waals surface area contributed by atoms with E-state index in [1.165, 1.54) is 5.56 Å². The number of hydrogen-bond acceptors (Lipinski definition) is 3. The van der Waals surface area contributed by atoms with Crippen molar-refractivity contribution in [3.63, 3.8) is 0 Å². The Morgan fingerprint density at radius 1 is 1.16 bits per heavy atom. The number of carbonyl (C=O) groups is 1. The Balaban J connectivity index is 1.71. The zero-order chi connectivity index (χ0) is 17.2. The molecular formula is C20H20ClN3O. The van der Waals surface area contributed by atoms with Crippen LogP contribution in [0.15, 0.2) is 53.5 Å². The lowest BCUT2D eigenvalue weighted by molar-refractivity contribution is -0.119. The molecular weight excluding hydrogens is 334 g/mol. The van der Waals surface area contributed by atoms with Gasteiger partial charge in [-0.3, -0.25) is 9.79 Å². The van der Waals surface area contributed by atoms with Crippen molar-refractivity contribution in [1.29, 1.82) is 0 Å². The summed E-state index contributed by atoms with van der Waals surface area (Å²) >= 11 is 6.01. The van der Waals surface area contributed by atoms with Gasteiger partial charge >= 0.3 is 0 Å². The number of aryl methyl sites for hydroxylation is 1. The average Bonchev–Trinajstić information content (AvgIpc) is 3.10. The molecule has 2 aliphatic heterocycles. The number of nitrogens with zero attached hydrogens (tertiary/aromatic N) is 2. The van der Waals surface area contributed by atoms with E-state index in [0.29, 0.717) is 11.6 Å². The van der Waals surface area contributed by atoms with Crippen molar-refractivity contribution in [2.45, 2.75) is 18.8 Å². The maximum absolute atomic E-state index is 13.4. The lowest BCUT2D eigenvalue weighted by Gasteiger charge is -2.26. The van der Waals surface area contributed by atoms with E-state index in [2.05, 4.69) is 16.4 Å². The second kappa shape index (κ2) is 6.89. The van der Waals surface area contributed by atoms with Gasteiger partial charge in [-0.15, -0.1) is 0 Å². The molecule has 128 valence electrons. The van der Waals surface area contributed by atoms with Crippen LogP contribution in [0.4, 0.5) is 5.69 Å². The largest absolute Gasteiger partial charge is 0.370 e. The van der Waals surface area contributed by atoms with Crippen molar-refractivity contribution in [3.05, 3.63) is 64.7 Å². The van der Waals surface area contributed by atoms with Gasteiger partial charge in [-0.05, 0) is 42.2 Å². The van der Waals surface area contributed by atoms with Crippen LogP contribution in [0.2, 0.25) is 5.02 Å². The molecule has 0 bridgehead atoms. The third-order valence-electron chi connectivity index (χ3n) is 4.87. The van der Waals surface area contributed by atoms with Crippen LogP contribution in [0.1, 0.15) is 23.5 Å². The molecule has 0 fully saturated rings. The molecule has 2 heterocycles. The highest BCUT2D eigenvalue weighted by atomic mass is 35.5. The normalized spacial score (nSPS) is 19.9. The van der Waals surface area contributed by atoms with E-state index in [-0.39, 0.29) is 11.8 Å². The third kappa shape index (κ3) is 3.27. The van der Waals surface area contributed by atoms with Crippen LogP contribution in [0.3, 0.4) is 0 Å². The summed E-state index contributed by atoms with van der Waals surface area (Å²) in [5, 5.41) is 3.97. The average molecular weight is 354 g/mol. The summed E-state index contributed by atoms with van der Waals surface area (Å²) in [5.41, 5.74) is 3.24. The fourth-order valence-corrected chi connectivity index (χ4v) is 3.71. The Morgan fingerprint density at radius 2 is 1.96 bits per heavy atom. The molecule has 5 heteroatoms. The number of nitrogens with one attached hydrogen (secondary N) is 1. The maximum atomic E-state index is 13.4. The van der Waals surface area contributed by atoms with E-state index < -0.39 is 0 Å². The van der Waals surface area contributed by atoms with Crippen molar-refractivity contribution in [2.24, 2.45) is 4.99 Å². The van der Waals surface area contributed by atoms with Crippen molar-refractivity contribution in [2.75, 3.05) is 24.5 Å². The predicted molar refractivity (Wildman–Crippen MR) is 102 cm³/mol. The molecule has 0 saturated heterocycles. The molecule has 2 aromatic rings. The molecule has 0 aromatic heterocycles. The van der Waals surface area contributed by atoms with Crippen LogP contribution < -0.4 is 10.2 Å². The Bertz CT molecular complexity index is 816. The van der Waals surface area contributed by atoms with Gasteiger partial charge in [-0.2, -0.15) is 0 Å². The minimum atomic E-state index is -0.160. The number of benzene rings is 2. The molecule has 0 spiro atoms. The zero-order valence-electron chi connectivity index (χ0n) is 13.9. The molecule has 1 N–H and O–H groups in total. The number of fused-ring (bicyclic) bond motifs is 1. The van der Waals surface area contributed by atoms with Crippen molar-refractivity contribution in [3.8, 4) is 0 Å². The van der Waals surface area contributed by atoms with Gasteiger partial charge in [-0.25, -0.2) is 0 Å². The molecule has 0 saturated carbocycles. The van der Waals surface area contributed by atoms with E-state index >= 15 is 0 Å². The summed E-state index contributed by atoms with van der Waals surface area (Å²) in [6.45, 7) is 2.12. The van der Waals surface area contributed by atoms with Crippen LogP contribution in [0, 0.1) is 0 Å².